The molecule has 3 rings (SSSR count). The Labute approximate surface area is 117 Å². The number of aromatic nitrogens is 1. The van der Waals surface area contributed by atoms with E-state index in [0.29, 0.717) is 10.9 Å². The van der Waals surface area contributed by atoms with Gasteiger partial charge < -0.3 is 10.6 Å². The molecule has 0 aromatic carbocycles. The van der Waals surface area contributed by atoms with Crippen molar-refractivity contribution in [3.8, 4) is 0 Å². The molecule has 2 fully saturated rings. The lowest BCUT2D eigenvalue weighted by atomic mass is 10.2. The van der Waals surface area contributed by atoms with Crippen LogP contribution in [0.1, 0.15) is 47.2 Å². The lowest BCUT2D eigenvalue weighted by Gasteiger charge is -2.12. The molecular formula is C13H19N3S2. The molecule has 0 spiro atoms. The van der Waals surface area contributed by atoms with Crippen LogP contribution in [0.5, 0.6) is 0 Å². The lowest BCUT2D eigenvalue weighted by Crippen LogP contribution is -2.21. The lowest BCUT2D eigenvalue weighted by molar-refractivity contribution is 0.343. The fourth-order valence-electron chi connectivity index (χ4n) is 2.55. The van der Waals surface area contributed by atoms with Gasteiger partial charge in [0.15, 0.2) is 0 Å². The molecule has 0 unspecified atom stereocenters. The van der Waals surface area contributed by atoms with Gasteiger partial charge in [-0.25, -0.2) is 4.98 Å². The number of thiocarbonyl (C=S) groups is 1. The van der Waals surface area contributed by atoms with Gasteiger partial charge in [-0.3, -0.25) is 0 Å². The maximum absolute atomic E-state index is 5.80. The molecule has 2 N–H and O–H groups in total. The Balaban J connectivity index is 1.67. The third-order valence-corrected chi connectivity index (χ3v) is 5.22. The van der Waals surface area contributed by atoms with Crippen LogP contribution in [-0.2, 0) is 6.42 Å². The minimum absolute atomic E-state index is 0.529. The molecule has 0 atom stereocenters. The molecule has 0 amide bonds. The highest BCUT2D eigenvalue weighted by atomic mass is 32.1. The minimum Gasteiger partial charge on any atom is -0.389 e. The third-order valence-electron chi connectivity index (χ3n) is 3.73. The molecule has 1 saturated carbocycles. The molecule has 1 aromatic heterocycles. The second-order valence-electron chi connectivity index (χ2n) is 5.26. The number of rotatable bonds is 5. The summed E-state index contributed by atoms with van der Waals surface area (Å²) in [4.78, 5) is 8.91. The first-order valence-corrected chi connectivity index (χ1v) is 7.98. The number of nitrogens with zero attached hydrogens (tertiary/aromatic N) is 2. The van der Waals surface area contributed by atoms with Crippen molar-refractivity contribution in [2.24, 2.45) is 5.73 Å². The van der Waals surface area contributed by atoms with Crippen molar-refractivity contribution < 1.29 is 0 Å². The van der Waals surface area contributed by atoms with Crippen molar-refractivity contribution in [2.75, 3.05) is 19.6 Å². The number of likely N-dealkylation sites (tertiary alicyclic amines) is 1. The van der Waals surface area contributed by atoms with Gasteiger partial charge in [0.05, 0.1) is 15.6 Å². The summed E-state index contributed by atoms with van der Waals surface area (Å²) in [7, 11) is 0. The average molecular weight is 281 g/mol. The summed E-state index contributed by atoms with van der Waals surface area (Å²) < 4.78 is 0. The second kappa shape index (κ2) is 5.23. The van der Waals surface area contributed by atoms with Crippen molar-refractivity contribution >= 4 is 28.5 Å². The maximum atomic E-state index is 5.80. The van der Waals surface area contributed by atoms with Gasteiger partial charge >= 0.3 is 0 Å². The standard InChI is InChI=1S/C13H19N3S2/c14-13(17)12-11(9-3-4-9)15-10(18-12)5-8-16-6-1-2-7-16/h9H,1-8H2,(H2,14,17). The molecule has 2 aliphatic rings. The molecule has 1 aliphatic heterocycles. The van der Waals surface area contributed by atoms with Gasteiger partial charge in [0.1, 0.15) is 4.99 Å². The van der Waals surface area contributed by atoms with Gasteiger partial charge in [-0.15, -0.1) is 11.3 Å². The monoisotopic (exact) mass is 281 g/mol. The minimum atomic E-state index is 0.529. The third kappa shape index (κ3) is 2.73. The topological polar surface area (TPSA) is 42.1 Å². The Hall–Kier alpha value is -0.520. The van der Waals surface area contributed by atoms with Crippen molar-refractivity contribution in [1.29, 1.82) is 0 Å². The van der Waals surface area contributed by atoms with Crippen molar-refractivity contribution in [3.63, 3.8) is 0 Å². The molecule has 3 nitrogen and oxygen atoms in total. The number of hydrogen-bond acceptors (Lipinski definition) is 4. The molecule has 2 heterocycles. The van der Waals surface area contributed by atoms with E-state index in [9.17, 15) is 0 Å². The van der Waals surface area contributed by atoms with Gasteiger partial charge in [-0.2, -0.15) is 0 Å². The smallest absolute Gasteiger partial charge is 0.116 e. The summed E-state index contributed by atoms with van der Waals surface area (Å²) in [6.45, 7) is 3.64. The van der Waals surface area contributed by atoms with E-state index in [1.165, 1.54) is 49.5 Å². The van der Waals surface area contributed by atoms with Crippen molar-refractivity contribution in [2.45, 2.75) is 38.0 Å². The number of nitrogens with two attached hydrogens (primary N) is 1. The Morgan fingerprint density at radius 3 is 2.72 bits per heavy atom. The van der Waals surface area contributed by atoms with Gasteiger partial charge in [0.2, 0.25) is 0 Å². The van der Waals surface area contributed by atoms with E-state index >= 15 is 0 Å². The summed E-state index contributed by atoms with van der Waals surface area (Å²) in [6, 6.07) is 0. The zero-order valence-corrected chi connectivity index (χ0v) is 12.2. The van der Waals surface area contributed by atoms with Gasteiger partial charge in [0.25, 0.3) is 0 Å². The first-order valence-electron chi connectivity index (χ1n) is 6.76. The normalized spacial score (nSPS) is 20.4. The van der Waals surface area contributed by atoms with Crippen LogP contribution in [0.3, 0.4) is 0 Å². The van der Waals surface area contributed by atoms with Crippen LogP contribution in [0.2, 0.25) is 0 Å². The summed E-state index contributed by atoms with van der Waals surface area (Å²) in [5.41, 5.74) is 6.99. The zero-order valence-electron chi connectivity index (χ0n) is 10.5. The Morgan fingerprint density at radius 2 is 2.11 bits per heavy atom. The quantitative estimate of drug-likeness (QED) is 0.841. The molecular weight excluding hydrogens is 262 g/mol. The fourth-order valence-corrected chi connectivity index (χ4v) is 3.77. The number of thiazole rings is 1. The van der Waals surface area contributed by atoms with Crippen molar-refractivity contribution in [1.82, 2.24) is 9.88 Å². The molecule has 1 aromatic rings. The average Bonchev–Trinajstić information content (AvgIpc) is 2.91. The number of hydrogen-bond donors (Lipinski definition) is 1. The van der Waals surface area contributed by atoms with Crippen LogP contribution in [0, 0.1) is 0 Å². The van der Waals surface area contributed by atoms with Crippen LogP contribution in [-0.4, -0.2) is 34.5 Å². The van der Waals surface area contributed by atoms with E-state index < -0.39 is 0 Å². The predicted molar refractivity (Wildman–Crippen MR) is 79.4 cm³/mol. The Bertz CT molecular complexity index is 445. The molecule has 5 heteroatoms. The van der Waals surface area contributed by atoms with Crippen LogP contribution in [0.4, 0.5) is 0 Å². The first kappa shape index (κ1) is 12.5. The van der Waals surface area contributed by atoms with Gasteiger partial charge in [0, 0.05) is 18.9 Å². The highest BCUT2D eigenvalue weighted by Crippen LogP contribution is 2.42. The molecule has 98 valence electrons. The van der Waals surface area contributed by atoms with Crippen LogP contribution in [0.25, 0.3) is 0 Å². The Kier molecular flexibility index (Phi) is 3.63. The Morgan fingerprint density at radius 1 is 1.39 bits per heavy atom. The van der Waals surface area contributed by atoms with E-state index in [-0.39, 0.29) is 0 Å². The van der Waals surface area contributed by atoms with Crippen LogP contribution >= 0.6 is 23.6 Å². The highest BCUT2D eigenvalue weighted by molar-refractivity contribution is 7.81. The van der Waals surface area contributed by atoms with Crippen molar-refractivity contribution in [3.05, 3.63) is 15.6 Å². The maximum Gasteiger partial charge on any atom is 0.116 e. The van der Waals surface area contributed by atoms with E-state index in [0.717, 1.165) is 17.8 Å². The fraction of sp³-hybridized carbons (Fsp3) is 0.692. The molecule has 0 bridgehead atoms. The molecule has 18 heavy (non-hydrogen) atoms. The first-order chi connectivity index (χ1) is 8.74. The van der Waals surface area contributed by atoms with E-state index in [4.69, 9.17) is 22.9 Å². The van der Waals surface area contributed by atoms with Gasteiger partial charge in [-0.05, 0) is 38.8 Å². The largest absolute Gasteiger partial charge is 0.389 e. The predicted octanol–water partition coefficient (Wildman–Crippen LogP) is 2.29. The highest BCUT2D eigenvalue weighted by Gasteiger charge is 2.30. The second-order valence-corrected chi connectivity index (χ2v) is 6.78. The summed E-state index contributed by atoms with van der Waals surface area (Å²) >= 11 is 6.85. The van der Waals surface area contributed by atoms with Crippen LogP contribution in [0.15, 0.2) is 0 Å². The summed E-state index contributed by atoms with van der Waals surface area (Å²) in [5, 5.41) is 1.21. The van der Waals surface area contributed by atoms with E-state index in [1.807, 2.05) is 0 Å². The molecule has 0 radical (unpaired) electrons. The molecule has 1 aliphatic carbocycles. The van der Waals surface area contributed by atoms with Gasteiger partial charge in [-0.1, -0.05) is 12.2 Å². The van der Waals surface area contributed by atoms with Crippen LogP contribution < -0.4 is 5.73 Å². The SMILES string of the molecule is NC(=S)c1sc(CCN2CCCC2)nc1C1CC1. The van der Waals surface area contributed by atoms with E-state index in [2.05, 4.69) is 4.90 Å². The molecule has 1 saturated heterocycles. The summed E-state index contributed by atoms with van der Waals surface area (Å²) in [5.74, 6) is 0.637. The summed E-state index contributed by atoms with van der Waals surface area (Å²) in [6.07, 6.45) is 6.26. The van der Waals surface area contributed by atoms with E-state index in [1.54, 1.807) is 11.3 Å². The zero-order chi connectivity index (χ0) is 12.5.